The van der Waals surface area contributed by atoms with Crippen molar-refractivity contribution in [3.63, 3.8) is 0 Å². The molecular weight excluding hydrogens is 480 g/mol. The monoisotopic (exact) mass is 522 g/mol. The molecule has 0 aromatic carbocycles. The summed E-state index contributed by atoms with van der Waals surface area (Å²) in [7, 11) is 5.27. The third-order valence-electron chi connectivity index (χ3n) is 7.35. The predicted molar refractivity (Wildman–Crippen MR) is 151 cm³/mol. The number of anilines is 1. The van der Waals surface area contributed by atoms with Crippen LogP contribution in [-0.2, 0) is 16.1 Å². The summed E-state index contributed by atoms with van der Waals surface area (Å²) in [6.45, 7) is 11.0. The number of nitrogens with one attached hydrogen (secondary N) is 1. The molecule has 2 fully saturated rings. The van der Waals surface area contributed by atoms with E-state index in [1.807, 2.05) is 23.2 Å². The minimum atomic E-state index is -0.0614. The van der Waals surface area contributed by atoms with Crippen LogP contribution < -0.4 is 11.1 Å². The molecule has 3 aliphatic rings. The van der Waals surface area contributed by atoms with Gasteiger partial charge < -0.3 is 25.6 Å². The fraction of sp³-hybridized carbons (Fsp3) is 0.536. The summed E-state index contributed by atoms with van der Waals surface area (Å²) in [4.78, 5) is 30.9. The van der Waals surface area contributed by atoms with E-state index in [0.717, 1.165) is 77.1 Å². The van der Waals surface area contributed by atoms with E-state index in [-0.39, 0.29) is 11.9 Å². The average Bonchev–Trinajstić information content (AvgIpc) is 3.57. The van der Waals surface area contributed by atoms with Crippen LogP contribution in [0.5, 0.6) is 0 Å². The SMILES string of the molecule is C=C(/N=C1\C(=C/N)C=C(C(=O)N(C)C)N1C1CCCC1)Nc1ccc(CN2CCN(CCOC)CC2)cn1. The van der Waals surface area contributed by atoms with E-state index in [9.17, 15) is 4.79 Å². The van der Waals surface area contributed by atoms with Gasteiger partial charge in [0.2, 0.25) is 0 Å². The highest BCUT2D eigenvalue weighted by Gasteiger charge is 2.37. The molecule has 1 aromatic heterocycles. The molecule has 0 spiro atoms. The number of methoxy groups -OCH3 is 1. The number of hydrogen-bond acceptors (Lipinski definition) is 8. The Morgan fingerprint density at radius 1 is 1.24 bits per heavy atom. The first-order chi connectivity index (χ1) is 18.4. The number of nitrogens with two attached hydrogens (primary N) is 1. The van der Waals surface area contributed by atoms with Gasteiger partial charge >= 0.3 is 0 Å². The Labute approximate surface area is 226 Å². The zero-order chi connectivity index (χ0) is 27.1. The Kier molecular flexibility index (Phi) is 9.54. The first-order valence-corrected chi connectivity index (χ1v) is 13.5. The minimum Gasteiger partial charge on any atom is -0.404 e. The van der Waals surface area contributed by atoms with Crippen molar-refractivity contribution in [2.45, 2.75) is 38.3 Å². The van der Waals surface area contributed by atoms with Gasteiger partial charge in [0.15, 0.2) is 0 Å². The van der Waals surface area contributed by atoms with Crippen molar-refractivity contribution in [3.05, 3.63) is 59.8 Å². The normalized spacial score (nSPS) is 21.3. The van der Waals surface area contributed by atoms with Crippen LogP contribution >= 0.6 is 0 Å². The maximum absolute atomic E-state index is 13.0. The molecule has 10 heteroatoms. The lowest BCUT2D eigenvalue weighted by atomic mass is 10.2. The van der Waals surface area contributed by atoms with E-state index in [0.29, 0.717) is 23.2 Å². The van der Waals surface area contributed by atoms with Crippen molar-refractivity contribution in [1.29, 1.82) is 0 Å². The summed E-state index contributed by atoms with van der Waals surface area (Å²) in [5.41, 5.74) is 8.45. The van der Waals surface area contributed by atoms with E-state index in [2.05, 4.69) is 32.7 Å². The van der Waals surface area contributed by atoms with Crippen molar-refractivity contribution in [1.82, 2.24) is 24.6 Å². The van der Waals surface area contributed by atoms with Gasteiger partial charge in [-0.3, -0.25) is 14.6 Å². The van der Waals surface area contributed by atoms with Gasteiger partial charge in [0.25, 0.3) is 5.91 Å². The predicted octanol–water partition coefficient (Wildman–Crippen LogP) is 2.20. The smallest absolute Gasteiger partial charge is 0.270 e. The third-order valence-corrected chi connectivity index (χ3v) is 7.35. The van der Waals surface area contributed by atoms with Crippen molar-refractivity contribution >= 4 is 17.6 Å². The number of carbonyl (C=O) groups excluding carboxylic acids is 1. The molecule has 0 bridgehead atoms. The van der Waals surface area contributed by atoms with Crippen LogP contribution in [0.25, 0.3) is 0 Å². The van der Waals surface area contributed by atoms with Crippen LogP contribution in [0.4, 0.5) is 5.82 Å². The van der Waals surface area contributed by atoms with Crippen LogP contribution in [0.3, 0.4) is 0 Å². The molecule has 0 radical (unpaired) electrons. The van der Waals surface area contributed by atoms with Crippen molar-refractivity contribution < 1.29 is 9.53 Å². The summed E-state index contributed by atoms with van der Waals surface area (Å²) in [5.74, 6) is 1.72. The Morgan fingerprint density at radius 2 is 1.95 bits per heavy atom. The van der Waals surface area contributed by atoms with Gasteiger partial charge in [0.05, 0.1) is 6.61 Å². The highest BCUT2D eigenvalue weighted by molar-refractivity contribution is 6.12. The molecule has 3 heterocycles. The Bertz CT molecular complexity index is 1060. The number of amides is 1. The van der Waals surface area contributed by atoms with Crippen LogP contribution in [0.15, 0.2) is 59.3 Å². The van der Waals surface area contributed by atoms with Gasteiger partial charge in [0, 0.05) is 84.5 Å². The van der Waals surface area contributed by atoms with E-state index < -0.39 is 0 Å². The largest absolute Gasteiger partial charge is 0.404 e. The number of piperazine rings is 1. The first-order valence-electron chi connectivity index (χ1n) is 13.5. The third kappa shape index (κ3) is 6.80. The van der Waals surface area contributed by atoms with Crippen LogP contribution in [0, 0.1) is 0 Å². The lowest BCUT2D eigenvalue weighted by molar-refractivity contribution is -0.126. The second-order valence-electron chi connectivity index (χ2n) is 10.3. The maximum Gasteiger partial charge on any atom is 0.270 e. The molecule has 1 saturated carbocycles. The number of carbonyl (C=O) groups is 1. The zero-order valence-electron chi connectivity index (χ0n) is 23.0. The minimum absolute atomic E-state index is 0.0614. The van der Waals surface area contributed by atoms with Crippen LogP contribution in [-0.4, -0.2) is 103 Å². The molecule has 2 aliphatic heterocycles. The van der Waals surface area contributed by atoms with Gasteiger partial charge in [-0.25, -0.2) is 9.98 Å². The number of amidine groups is 1. The fourth-order valence-electron chi connectivity index (χ4n) is 5.25. The number of ether oxygens (including phenoxy) is 1. The highest BCUT2D eigenvalue weighted by Crippen LogP contribution is 2.34. The topological polar surface area (TPSA) is 103 Å². The van der Waals surface area contributed by atoms with Crippen molar-refractivity contribution in [3.8, 4) is 0 Å². The quantitative estimate of drug-likeness (QED) is 0.482. The fourth-order valence-corrected chi connectivity index (χ4v) is 5.25. The second-order valence-corrected chi connectivity index (χ2v) is 10.3. The second kappa shape index (κ2) is 13.0. The van der Waals surface area contributed by atoms with Gasteiger partial charge in [-0.05, 0) is 30.5 Å². The van der Waals surface area contributed by atoms with E-state index >= 15 is 0 Å². The summed E-state index contributed by atoms with van der Waals surface area (Å²) in [6, 6.07) is 4.26. The Balaban J connectivity index is 1.39. The molecule has 1 saturated heterocycles. The summed E-state index contributed by atoms with van der Waals surface area (Å²) in [6.07, 6.45) is 9.55. The molecule has 1 aliphatic carbocycles. The van der Waals surface area contributed by atoms with Gasteiger partial charge in [0.1, 0.15) is 23.2 Å². The summed E-state index contributed by atoms with van der Waals surface area (Å²) >= 11 is 0. The van der Waals surface area contributed by atoms with E-state index in [1.165, 1.54) is 11.8 Å². The van der Waals surface area contributed by atoms with Crippen molar-refractivity contribution in [2.24, 2.45) is 10.7 Å². The highest BCUT2D eigenvalue weighted by atomic mass is 16.5. The summed E-state index contributed by atoms with van der Waals surface area (Å²) in [5, 5.41) is 3.21. The van der Waals surface area contributed by atoms with Crippen molar-refractivity contribution in [2.75, 3.05) is 65.9 Å². The lowest BCUT2D eigenvalue weighted by Gasteiger charge is -2.34. The molecule has 0 unspecified atom stereocenters. The summed E-state index contributed by atoms with van der Waals surface area (Å²) < 4.78 is 5.19. The molecule has 10 nitrogen and oxygen atoms in total. The zero-order valence-corrected chi connectivity index (χ0v) is 23.0. The molecule has 3 N–H and O–H groups in total. The number of nitrogens with zero attached hydrogens (tertiary/aromatic N) is 6. The van der Waals surface area contributed by atoms with Gasteiger partial charge in [-0.15, -0.1) is 0 Å². The van der Waals surface area contributed by atoms with Gasteiger partial charge in [-0.2, -0.15) is 0 Å². The molecule has 1 amide bonds. The number of rotatable bonds is 10. The molecular formula is C28H42N8O2. The number of aliphatic imine (C=N–C) groups is 1. The number of likely N-dealkylation sites (N-methyl/N-ethyl adjacent to an activating group) is 1. The standard InChI is InChI=1S/C28H42N8O2/c1-21(31-26-10-9-22(19-30-26)20-35-13-11-34(12-14-35)15-16-38-4)32-27-23(18-29)17-25(28(37)33(2)3)36(27)24-7-5-6-8-24/h9-10,17-19,24H,1,5-8,11-16,20,29H2,2-4H3,(H,30,31)/b23-18-,32-27+. The Hall–Kier alpha value is -3.21. The van der Waals surface area contributed by atoms with E-state index in [1.54, 1.807) is 26.1 Å². The lowest BCUT2D eigenvalue weighted by Crippen LogP contribution is -2.46. The van der Waals surface area contributed by atoms with Gasteiger partial charge in [-0.1, -0.05) is 25.5 Å². The Morgan fingerprint density at radius 3 is 2.55 bits per heavy atom. The number of hydrogen-bond donors (Lipinski definition) is 2. The number of pyridine rings is 1. The molecule has 4 rings (SSSR count). The maximum atomic E-state index is 13.0. The molecule has 38 heavy (non-hydrogen) atoms. The molecule has 206 valence electrons. The van der Waals surface area contributed by atoms with Crippen LogP contribution in [0.1, 0.15) is 31.2 Å². The van der Waals surface area contributed by atoms with E-state index in [4.69, 9.17) is 15.5 Å². The molecule has 0 atom stereocenters. The average molecular weight is 523 g/mol. The molecule has 1 aromatic rings. The van der Waals surface area contributed by atoms with Crippen LogP contribution in [0.2, 0.25) is 0 Å². The first kappa shape index (κ1) is 27.8. The number of aromatic nitrogens is 1.